The number of carbonyl (C=O) groups is 1. The summed E-state index contributed by atoms with van der Waals surface area (Å²) in [4.78, 5) is 12.2. The molecule has 23 heavy (non-hydrogen) atoms. The molecule has 0 bridgehead atoms. The Balaban J connectivity index is 1.93. The Morgan fingerprint density at radius 1 is 1.57 bits per heavy atom. The first-order chi connectivity index (χ1) is 11.1. The zero-order valence-electron chi connectivity index (χ0n) is 12.4. The fourth-order valence-corrected chi connectivity index (χ4v) is 3.51. The molecule has 0 unspecified atom stereocenters. The average Bonchev–Trinajstić information content (AvgIpc) is 3.00. The van der Waals surface area contributed by atoms with E-state index < -0.39 is 0 Å². The standard InChI is InChI=1S/C15H15N5OS2/c1-3-7-17-14-19-20-15(23-14)22-10(2)13(21)18-12-6-4-5-11(8-12)9-16/h3-6,8,10H,1,7H2,2H3,(H,17,19)(H,18,21)/t10-/m1/s1. The van der Waals surface area contributed by atoms with E-state index in [4.69, 9.17) is 5.26 Å². The van der Waals surface area contributed by atoms with Gasteiger partial charge in [-0.25, -0.2) is 0 Å². The van der Waals surface area contributed by atoms with Crippen LogP contribution < -0.4 is 10.6 Å². The lowest BCUT2D eigenvalue weighted by Gasteiger charge is -2.10. The third-order valence-corrected chi connectivity index (χ3v) is 4.78. The topological polar surface area (TPSA) is 90.7 Å². The Labute approximate surface area is 142 Å². The first kappa shape index (κ1) is 17.0. The van der Waals surface area contributed by atoms with E-state index >= 15 is 0 Å². The molecule has 6 nitrogen and oxygen atoms in total. The molecule has 2 rings (SSSR count). The Kier molecular flexibility index (Phi) is 6.14. The molecule has 1 aromatic heterocycles. The molecule has 0 fully saturated rings. The fraction of sp³-hybridized carbons (Fsp3) is 0.200. The second kappa shape index (κ2) is 8.31. The van der Waals surface area contributed by atoms with E-state index in [1.54, 1.807) is 37.3 Å². The molecule has 0 saturated heterocycles. The molecule has 0 aliphatic rings. The molecule has 118 valence electrons. The van der Waals surface area contributed by atoms with Crippen molar-refractivity contribution in [3.05, 3.63) is 42.5 Å². The number of nitriles is 1. The van der Waals surface area contributed by atoms with Crippen molar-refractivity contribution < 1.29 is 4.79 Å². The Hall–Kier alpha value is -2.37. The number of aromatic nitrogens is 2. The van der Waals surface area contributed by atoms with Gasteiger partial charge in [-0.1, -0.05) is 35.2 Å². The highest BCUT2D eigenvalue weighted by Crippen LogP contribution is 2.29. The van der Waals surface area contributed by atoms with E-state index in [2.05, 4.69) is 27.4 Å². The largest absolute Gasteiger partial charge is 0.357 e. The van der Waals surface area contributed by atoms with Crippen molar-refractivity contribution >= 4 is 39.8 Å². The number of thioether (sulfide) groups is 1. The number of hydrogen-bond donors (Lipinski definition) is 2. The molecule has 1 heterocycles. The van der Waals surface area contributed by atoms with Gasteiger partial charge >= 0.3 is 0 Å². The summed E-state index contributed by atoms with van der Waals surface area (Å²) in [7, 11) is 0. The summed E-state index contributed by atoms with van der Waals surface area (Å²) in [6.07, 6.45) is 1.74. The monoisotopic (exact) mass is 345 g/mol. The van der Waals surface area contributed by atoms with Crippen molar-refractivity contribution in [2.24, 2.45) is 0 Å². The number of benzene rings is 1. The predicted octanol–water partition coefficient (Wildman–Crippen LogP) is 3.13. The molecule has 1 aromatic carbocycles. The van der Waals surface area contributed by atoms with Crippen LogP contribution in [0.4, 0.5) is 10.8 Å². The van der Waals surface area contributed by atoms with Crippen LogP contribution in [-0.2, 0) is 4.79 Å². The van der Waals surface area contributed by atoms with Gasteiger partial charge in [-0.3, -0.25) is 4.79 Å². The maximum Gasteiger partial charge on any atom is 0.237 e. The average molecular weight is 345 g/mol. The lowest BCUT2D eigenvalue weighted by molar-refractivity contribution is -0.115. The molecule has 1 atom stereocenters. The van der Waals surface area contributed by atoms with Crippen molar-refractivity contribution in [3.8, 4) is 6.07 Å². The van der Waals surface area contributed by atoms with Crippen LogP contribution in [0.3, 0.4) is 0 Å². The van der Waals surface area contributed by atoms with E-state index in [1.165, 1.54) is 23.1 Å². The number of nitrogens with one attached hydrogen (secondary N) is 2. The van der Waals surface area contributed by atoms with Gasteiger partial charge in [0.1, 0.15) is 0 Å². The van der Waals surface area contributed by atoms with Gasteiger partial charge in [0.05, 0.1) is 16.9 Å². The van der Waals surface area contributed by atoms with E-state index in [1.807, 2.05) is 6.07 Å². The van der Waals surface area contributed by atoms with Gasteiger partial charge in [-0.2, -0.15) is 5.26 Å². The third-order valence-electron chi connectivity index (χ3n) is 2.71. The van der Waals surface area contributed by atoms with Crippen LogP contribution in [0.15, 0.2) is 41.3 Å². The minimum Gasteiger partial charge on any atom is -0.357 e. The van der Waals surface area contributed by atoms with Gasteiger partial charge in [-0.15, -0.1) is 16.8 Å². The van der Waals surface area contributed by atoms with Crippen LogP contribution in [0.5, 0.6) is 0 Å². The normalized spacial score (nSPS) is 11.3. The first-order valence-corrected chi connectivity index (χ1v) is 8.48. The van der Waals surface area contributed by atoms with Gasteiger partial charge in [0.15, 0.2) is 4.34 Å². The highest BCUT2D eigenvalue weighted by Gasteiger charge is 2.17. The summed E-state index contributed by atoms with van der Waals surface area (Å²) in [6, 6.07) is 8.84. The first-order valence-electron chi connectivity index (χ1n) is 6.78. The van der Waals surface area contributed by atoms with Crippen molar-refractivity contribution in [1.82, 2.24) is 10.2 Å². The predicted molar refractivity (Wildman–Crippen MR) is 93.7 cm³/mol. The molecule has 0 aliphatic carbocycles. The molecule has 2 aromatic rings. The van der Waals surface area contributed by atoms with Crippen molar-refractivity contribution in [2.75, 3.05) is 17.2 Å². The van der Waals surface area contributed by atoms with Gasteiger partial charge < -0.3 is 10.6 Å². The Bertz CT molecular complexity index is 737. The van der Waals surface area contributed by atoms with Crippen LogP contribution in [-0.4, -0.2) is 27.9 Å². The van der Waals surface area contributed by atoms with E-state index in [0.717, 1.165) is 0 Å². The molecule has 0 aliphatic heterocycles. The lowest BCUT2D eigenvalue weighted by atomic mass is 10.2. The van der Waals surface area contributed by atoms with Crippen molar-refractivity contribution in [2.45, 2.75) is 16.5 Å². The third kappa shape index (κ3) is 5.09. The second-order valence-electron chi connectivity index (χ2n) is 4.48. The van der Waals surface area contributed by atoms with Crippen LogP contribution in [0.1, 0.15) is 12.5 Å². The SMILES string of the molecule is C=CCNc1nnc(S[C@H](C)C(=O)Nc2cccc(C#N)c2)s1. The van der Waals surface area contributed by atoms with Crippen molar-refractivity contribution in [1.29, 1.82) is 5.26 Å². The van der Waals surface area contributed by atoms with E-state index in [9.17, 15) is 4.79 Å². The summed E-state index contributed by atoms with van der Waals surface area (Å²) in [6.45, 7) is 6.04. The molecular weight excluding hydrogens is 330 g/mol. The van der Waals surface area contributed by atoms with Gasteiger partial charge in [-0.05, 0) is 25.1 Å². The number of carbonyl (C=O) groups excluding carboxylic acids is 1. The maximum atomic E-state index is 12.2. The van der Waals surface area contributed by atoms with Crippen LogP contribution in [0.2, 0.25) is 0 Å². The number of rotatable bonds is 7. The van der Waals surface area contributed by atoms with Crippen LogP contribution in [0.25, 0.3) is 0 Å². The minimum absolute atomic E-state index is 0.152. The Morgan fingerprint density at radius 3 is 3.13 bits per heavy atom. The van der Waals surface area contributed by atoms with Crippen molar-refractivity contribution in [3.63, 3.8) is 0 Å². The highest BCUT2D eigenvalue weighted by atomic mass is 32.2. The quantitative estimate of drug-likeness (QED) is 0.592. The molecule has 0 saturated carbocycles. The Morgan fingerprint density at radius 2 is 2.39 bits per heavy atom. The molecule has 8 heteroatoms. The molecule has 0 radical (unpaired) electrons. The summed E-state index contributed by atoms with van der Waals surface area (Å²) in [5.74, 6) is -0.152. The number of hydrogen-bond acceptors (Lipinski definition) is 7. The number of anilines is 2. The minimum atomic E-state index is -0.332. The number of amides is 1. The van der Waals surface area contributed by atoms with Gasteiger partial charge in [0, 0.05) is 12.2 Å². The van der Waals surface area contributed by atoms with E-state index in [-0.39, 0.29) is 11.2 Å². The van der Waals surface area contributed by atoms with Crippen LogP contribution >= 0.6 is 23.1 Å². The lowest BCUT2D eigenvalue weighted by Crippen LogP contribution is -2.22. The molecule has 1 amide bonds. The summed E-state index contributed by atoms with van der Waals surface area (Å²) in [5, 5.41) is 23.1. The summed E-state index contributed by atoms with van der Waals surface area (Å²) in [5.41, 5.74) is 1.11. The zero-order chi connectivity index (χ0) is 16.7. The highest BCUT2D eigenvalue weighted by molar-refractivity contribution is 8.02. The smallest absolute Gasteiger partial charge is 0.237 e. The molecular formula is C15H15N5OS2. The summed E-state index contributed by atoms with van der Waals surface area (Å²) >= 11 is 2.73. The molecule has 2 N–H and O–H groups in total. The van der Waals surface area contributed by atoms with Gasteiger partial charge in [0.2, 0.25) is 11.0 Å². The van der Waals surface area contributed by atoms with Crippen LogP contribution in [0, 0.1) is 11.3 Å². The maximum absolute atomic E-state index is 12.2. The fourth-order valence-electron chi connectivity index (χ4n) is 1.60. The van der Waals surface area contributed by atoms with Gasteiger partial charge in [0.25, 0.3) is 0 Å². The second-order valence-corrected chi connectivity index (χ2v) is 7.05. The number of nitrogens with zero attached hydrogens (tertiary/aromatic N) is 3. The zero-order valence-corrected chi connectivity index (χ0v) is 14.1. The summed E-state index contributed by atoms with van der Waals surface area (Å²) < 4.78 is 0.713. The molecule has 0 spiro atoms. The van der Waals surface area contributed by atoms with E-state index in [0.29, 0.717) is 27.3 Å².